The van der Waals surface area contributed by atoms with Gasteiger partial charge < -0.3 is 15.1 Å². The van der Waals surface area contributed by atoms with Gasteiger partial charge in [-0.1, -0.05) is 35.9 Å². The molecule has 0 spiro atoms. The van der Waals surface area contributed by atoms with Gasteiger partial charge in [-0.25, -0.2) is 4.98 Å². The van der Waals surface area contributed by atoms with Gasteiger partial charge in [0, 0.05) is 57.0 Å². The number of anilines is 1. The Kier molecular flexibility index (Phi) is 9.65. The second-order valence-electron chi connectivity index (χ2n) is 7.28. The number of hydrogen-bond acceptors (Lipinski definition) is 5. The molecule has 3 heterocycles. The highest BCUT2D eigenvalue weighted by Gasteiger charge is 2.30. The monoisotopic (exact) mass is 471 g/mol. The molecule has 1 aromatic carbocycles. The van der Waals surface area contributed by atoms with Crippen molar-refractivity contribution in [3.8, 4) is 0 Å². The molecule has 0 saturated carbocycles. The summed E-state index contributed by atoms with van der Waals surface area (Å²) in [6.07, 6.45) is 1.82. The largest absolute Gasteiger partial charge is 0.354 e. The second-order valence-corrected chi connectivity index (χ2v) is 7.69. The van der Waals surface area contributed by atoms with E-state index in [1.807, 2.05) is 53.6 Å². The molecule has 1 aromatic heterocycles. The van der Waals surface area contributed by atoms with Crippen LogP contribution >= 0.6 is 36.4 Å². The molecule has 9 heteroatoms. The third kappa shape index (κ3) is 5.77. The number of pyridine rings is 1. The Morgan fingerprint density at radius 3 is 2.47 bits per heavy atom. The molecule has 30 heavy (non-hydrogen) atoms. The highest BCUT2D eigenvalue weighted by molar-refractivity contribution is 6.31. The summed E-state index contributed by atoms with van der Waals surface area (Å²) < 4.78 is 0. The number of amides is 1. The fourth-order valence-corrected chi connectivity index (χ4v) is 4.25. The van der Waals surface area contributed by atoms with Crippen molar-refractivity contribution in [1.29, 1.82) is 0 Å². The Hall–Kier alpha value is -1.57. The molecule has 1 N–H and O–H groups in total. The van der Waals surface area contributed by atoms with Crippen LogP contribution in [0, 0.1) is 0 Å². The predicted molar refractivity (Wildman–Crippen MR) is 126 cm³/mol. The average molecular weight is 473 g/mol. The van der Waals surface area contributed by atoms with Crippen molar-refractivity contribution in [3.63, 3.8) is 0 Å². The predicted octanol–water partition coefficient (Wildman–Crippen LogP) is 2.87. The normalized spacial score (nSPS) is 19.6. The molecule has 1 unspecified atom stereocenters. The first-order chi connectivity index (χ1) is 13.7. The van der Waals surface area contributed by atoms with Gasteiger partial charge in [-0.05, 0) is 23.8 Å². The van der Waals surface area contributed by atoms with Crippen molar-refractivity contribution in [2.45, 2.75) is 6.04 Å². The summed E-state index contributed by atoms with van der Waals surface area (Å²) in [4.78, 5) is 24.0. The number of rotatable bonds is 4. The second kappa shape index (κ2) is 11.7. The van der Waals surface area contributed by atoms with Gasteiger partial charge in [0.1, 0.15) is 5.82 Å². The number of carbonyl (C=O) groups excluding carboxylic acids is 1. The maximum absolute atomic E-state index is 13.1. The van der Waals surface area contributed by atoms with Crippen molar-refractivity contribution in [3.05, 3.63) is 59.2 Å². The fourth-order valence-electron chi connectivity index (χ4n) is 3.98. The first kappa shape index (κ1) is 24.7. The maximum atomic E-state index is 13.1. The van der Waals surface area contributed by atoms with Crippen LogP contribution in [0.15, 0.2) is 48.7 Å². The lowest BCUT2D eigenvalue weighted by atomic mass is 10.0. The Morgan fingerprint density at radius 1 is 1.03 bits per heavy atom. The molecule has 4 rings (SSSR count). The zero-order chi connectivity index (χ0) is 19.3. The first-order valence-corrected chi connectivity index (χ1v) is 10.2. The SMILES string of the molecule is Cl.Cl.O=C(CN1CCN(c2ccccn2)CC1)N1CCNCC1c1ccccc1Cl. The van der Waals surface area contributed by atoms with E-state index in [0.717, 1.165) is 55.7 Å². The summed E-state index contributed by atoms with van der Waals surface area (Å²) >= 11 is 6.41. The minimum Gasteiger partial charge on any atom is -0.354 e. The van der Waals surface area contributed by atoms with Gasteiger partial charge in [0.2, 0.25) is 5.91 Å². The molecule has 164 valence electrons. The lowest BCUT2D eigenvalue weighted by Crippen LogP contribution is -2.54. The number of halogens is 3. The molecule has 0 radical (unpaired) electrons. The van der Waals surface area contributed by atoms with Crippen LogP contribution in [-0.2, 0) is 4.79 Å². The Labute approximate surface area is 195 Å². The van der Waals surface area contributed by atoms with E-state index in [2.05, 4.69) is 20.1 Å². The zero-order valence-electron chi connectivity index (χ0n) is 16.7. The summed E-state index contributed by atoms with van der Waals surface area (Å²) in [7, 11) is 0. The maximum Gasteiger partial charge on any atom is 0.237 e. The molecule has 0 bridgehead atoms. The van der Waals surface area contributed by atoms with Crippen molar-refractivity contribution < 1.29 is 4.79 Å². The summed E-state index contributed by atoms with van der Waals surface area (Å²) in [5, 5.41) is 4.11. The number of carbonyl (C=O) groups is 1. The molecule has 2 fully saturated rings. The van der Waals surface area contributed by atoms with Crippen LogP contribution in [0.25, 0.3) is 0 Å². The van der Waals surface area contributed by atoms with Crippen molar-refractivity contribution in [2.75, 3.05) is 57.3 Å². The lowest BCUT2D eigenvalue weighted by Gasteiger charge is -2.40. The van der Waals surface area contributed by atoms with Crippen molar-refractivity contribution in [2.24, 2.45) is 0 Å². The smallest absolute Gasteiger partial charge is 0.237 e. The van der Waals surface area contributed by atoms with Crippen LogP contribution in [-0.4, -0.2) is 73.0 Å². The molecule has 2 saturated heterocycles. The van der Waals surface area contributed by atoms with E-state index in [1.165, 1.54) is 0 Å². The van der Waals surface area contributed by atoms with Gasteiger partial charge in [0.25, 0.3) is 0 Å². The van der Waals surface area contributed by atoms with E-state index >= 15 is 0 Å². The number of hydrogen-bond donors (Lipinski definition) is 1. The van der Waals surface area contributed by atoms with E-state index in [9.17, 15) is 4.79 Å². The van der Waals surface area contributed by atoms with E-state index in [0.29, 0.717) is 13.1 Å². The number of nitrogens with one attached hydrogen (secondary N) is 1. The molecule has 6 nitrogen and oxygen atoms in total. The average Bonchev–Trinajstić information content (AvgIpc) is 2.75. The standard InChI is InChI=1S/C21H26ClN5O.2ClH/c22-18-6-2-1-5-17(18)19-15-23-9-10-27(19)21(28)16-25-11-13-26(14-12-25)20-7-3-4-8-24-20;;/h1-8,19,23H,9-16H2;2*1H. The summed E-state index contributed by atoms with van der Waals surface area (Å²) in [5.74, 6) is 1.19. The van der Waals surface area contributed by atoms with Gasteiger partial charge in [-0.2, -0.15) is 0 Å². The van der Waals surface area contributed by atoms with Gasteiger partial charge in [-0.15, -0.1) is 24.8 Å². The molecule has 2 aromatic rings. The lowest BCUT2D eigenvalue weighted by molar-refractivity contribution is -0.135. The minimum atomic E-state index is -0.00948. The van der Waals surface area contributed by atoms with Gasteiger partial charge >= 0.3 is 0 Å². The zero-order valence-corrected chi connectivity index (χ0v) is 19.1. The van der Waals surface area contributed by atoms with Gasteiger partial charge in [0.15, 0.2) is 0 Å². The minimum absolute atomic E-state index is 0. The van der Waals surface area contributed by atoms with Crippen LogP contribution in [0.1, 0.15) is 11.6 Å². The summed E-state index contributed by atoms with van der Waals surface area (Å²) in [6, 6.07) is 13.8. The van der Waals surface area contributed by atoms with Crippen LogP contribution in [0.4, 0.5) is 5.82 Å². The van der Waals surface area contributed by atoms with E-state index in [4.69, 9.17) is 11.6 Å². The Bertz CT molecular complexity index is 802. The van der Waals surface area contributed by atoms with E-state index in [1.54, 1.807) is 0 Å². The Morgan fingerprint density at radius 2 is 1.77 bits per heavy atom. The topological polar surface area (TPSA) is 51.7 Å². The van der Waals surface area contributed by atoms with Crippen LogP contribution in [0.5, 0.6) is 0 Å². The molecular weight excluding hydrogens is 445 g/mol. The number of nitrogens with zero attached hydrogens (tertiary/aromatic N) is 4. The highest BCUT2D eigenvalue weighted by atomic mass is 35.5. The van der Waals surface area contributed by atoms with Crippen LogP contribution in [0.3, 0.4) is 0 Å². The molecular formula is C21H28Cl3N5O. The molecule has 1 atom stereocenters. The number of aromatic nitrogens is 1. The van der Waals surface area contributed by atoms with Crippen molar-refractivity contribution >= 4 is 48.1 Å². The molecule has 2 aliphatic rings. The highest BCUT2D eigenvalue weighted by Crippen LogP contribution is 2.28. The van der Waals surface area contributed by atoms with Gasteiger partial charge in [0.05, 0.1) is 12.6 Å². The van der Waals surface area contributed by atoms with Gasteiger partial charge in [-0.3, -0.25) is 9.69 Å². The Balaban J connectivity index is 0.00000160. The first-order valence-electron chi connectivity index (χ1n) is 9.85. The third-order valence-electron chi connectivity index (χ3n) is 5.53. The third-order valence-corrected chi connectivity index (χ3v) is 5.88. The molecule has 1 amide bonds. The fraction of sp³-hybridized carbons (Fsp3) is 0.429. The van der Waals surface area contributed by atoms with E-state index < -0.39 is 0 Å². The quantitative estimate of drug-likeness (QED) is 0.741. The summed E-state index contributed by atoms with van der Waals surface area (Å²) in [6.45, 7) is 6.23. The molecule has 0 aliphatic carbocycles. The number of benzene rings is 1. The molecule has 2 aliphatic heterocycles. The van der Waals surface area contributed by atoms with Crippen molar-refractivity contribution in [1.82, 2.24) is 20.1 Å². The van der Waals surface area contributed by atoms with Crippen LogP contribution in [0.2, 0.25) is 5.02 Å². The van der Waals surface area contributed by atoms with E-state index in [-0.39, 0.29) is 36.8 Å². The summed E-state index contributed by atoms with van der Waals surface area (Å²) in [5.41, 5.74) is 1.02. The van der Waals surface area contributed by atoms with Crippen LogP contribution < -0.4 is 10.2 Å². The number of piperazine rings is 2.